The van der Waals surface area contributed by atoms with Crippen LogP contribution < -0.4 is 11.3 Å². The molecule has 0 amide bonds. The molecule has 3 N–H and O–H groups in total. The molecule has 0 aromatic carbocycles. The van der Waals surface area contributed by atoms with Gasteiger partial charge in [0.05, 0.1) is 12.7 Å². The molecule has 1 fully saturated rings. The highest BCUT2D eigenvalue weighted by Crippen LogP contribution is 2.16. The Labute approximate surface area is 92.5 Å². The number of ether oxygens (including phenoxy) is 2. The molecule has 1 aliphatic heterocycles. The van der Waals surface area contributed by atoms with Gasteiger partial charge in [-0.05, 0) is 32.1 Å². The van der Waals surface area contributed by atoms with Crippen molar-refractivity contribution in [2.45, 2.75) is 51.2 Å². The maximum Gasteiger partial charge on any atom is 0.0634 e. The summed E-state index contributed by atoms with van der Waals surface area (Å²) in [5, 5.41) is 0. The van der Waals surface area contributed by atoms with Crippen molar-refractivity contribution in [2.75, 3.05) is 19.8 Å². The van der Waals surface area contributed by atoms with Gasteiger partial charge in [-0.15, -0.1) is 0 Å². The molecule has 4 heteroatoms. The Hall–Kier alpha value is -0.160. The number of nitrogens with one attached hydrogen (secondary N) is 1. The summed E-state index contributed by atoms with van der Waals surface area (Å²) in [5.74, 6) is 5.49. The standard InChI is InChI=1S/C11H24N2O2/c1-2-6-14-9-10(13-12)8-11-5-3-4-7-15-11/h10-11,13H,2-9,12H2,1H3. The first-order valence-corrected chi connectivity index (χ1v) is 6.02. The third kappa shape index (κ3) is 5.47. The average Bonchev–Trinajstić information content (AvgIpc) is 2.29. The molecule has 2 unspecified atom stereocenters. The molecular weight excluding hydrogens is 192 g/mol. The highest BCUT2D eigenvalue weighted by Gasteiger charge is 2.18. The smallest absolute Gasteiger partial charge is 0.0634 e. The van der Waals surface area contributed by atoms with Gasteiger partial charge in [0.2, 0.25) is 0 Å². The van der Waals surface area contributed by atoms with Gasteiger partial charge >= 0.3 is 0 Å². The quantitative estimate of drug-likeness (QED) is 0.381. The maximum atomic E-state index is 5.67. The normalized spacial score (nSPS) is 24.0. The summed E-state index contributed by atoms with van der Waals surface area (Å²) in [5.41, 5.74) is 2.80. The maximum absolute atomic E-state index is 5.67. The van der Waals surface area contributed by atoms with Crippen molar-refractivity contribution >= 4 is 0 Å². The Morgan fingerprint density at radius 2 is 2.40 bits per heavy atom. The van der Waals surface area contributed by atoms with Crippen molar-refractivity contribution in [3.8, 4) is 0 Å². The van der Waals surface area contributed by atoms with Gasteiger partial charge in [0.15, 0.2) is 0 Å². The van der Waals surface area contributed by atoms with Crippen LogP contribution in [-0.2, 0) is 9.47 Å². The van der Waals surface area contributed by atoms with Gasteiger partial charge in [-0.2, -0.15) is 0 Å². The number of hydrogen-bond acceptors (Lipinski definition) is 4. The van der Waals surface area contributed by atoms with Crippen LogP contribution in [-0.4, -0.2) is 32.0 Å². The van der Waals surface area contributed by atoms with E-state index in [1.807, 2.05) is 0 Å². The molecule has 0 aromatic rings. The first-order chi connectivity index (χ1) is 7.36. The molecule has 2 atom stereocenters. The van der Waals surface area contributed by atoms with Crippen molar-refractivity contribution in [3.63, 3.8) is 0 Å². The van der Waals surface area contributed by atoms with Gasteiger partial charge < -0.3 is 9.47 Å². The Morgan fingerprint density at radius 1 is 1.53 bits per heavy atom. The molecular formula is C11H24N2O2. The predicted molar refractivity (Wildman–Crippen MR) is 60.4 cm³/mol. The largest absolute Gasteiger partial charge is 0.380 e. The lowest BCUT2D eigenvalue weighted by Gasteiger charge is -2.26. The molecule has 15 heavy (non-hydrogen) atoms. The zero-order valence-corrected chi connectivity index (χ0v) is 9.71. The van der Waals surface area contributed by atoms with E-state index >= 15 is 0 Å². The van der Waals surface area contributed by atoms with Gasteiger partial charge in [0.25, 0.3) is 0 Å². The molecule has 0 aromatic heterocycles. The van der Waals surface area contributed by atoms with E-state index in [0.29, 0.717) is 12.7 Å². The fraction of sp³-hybridized carbons (Fsp3) is 1.00. The average molecular weight is 216 g/mol. The van der Waals surface area contributed by atoms with Crippen LogP contribution in [0.4, 0.5) is 0 Å². The summed E-state index contributed by atoms with van der Waals surface area (Å²) in [4.78, 5) is 0. The zero-order valence-electron chi connectivity index (χ0n) is 9.71. The molecule has 1 rings (SSSR count). The van der Waals surface area contributed by atoms with Crippen molar-refractivity contribution in [1.29, 1.82) is 0 Å². The van der Waals surface area contributed by atoms with E-state index in [9.17, 15) is 0 Å². The Bertz CT molecular complexity index is 150. The summed E-state index contributed by atoms with van der Waals surface area (Å²) in [6.45, 7) is 4.50. The van der Waals surface area contributed by atoms with Crippen LogP contribution in [0.5, 0.6) is 0 Å². The molecule has 0 spiro atoms. The molecule has 0 radical (unpaired) electrons. The van der Waals surface area contributed by atoms with Gasteiger partial charge in [0, 0.05) is 19.3 Å². The summed E-state index contributed by atoms with van der Waals surface area (Å²) in [6, 6.07) is 0.222. The van der Waals surface area contributed by atoms with Crippen LogP contribution in [0, 0.1) is 0 Å². The molecule has 90 valence electrons. The first kappa shape index (κ1) is 12.9. The van der Waals surface area contributed by atoms with Crippen molar-refractivity contribution in [3.05, 3.63) is 0 Å². The summed E-state index contributed by atoms with van der Waals surface area (Å²) >= 11 is 0. The van der Waals surface area contributed by atoms with Crippen LogP contribution in [0.1, 0.15) is 39.0 Å². The van der Waals surface area contributed by atoms with Crippen LogP contribution in [0.3, 0.4) is 0 Å². The lowest BCUT2D eigenvalue weighted by atomic mass is 10.0. The predicted octanol–water partition coefficient (Wildman–Crippen LogP) is 1.20. The summed E-state index contributed by atoms with van der Waals surface area (Å²) in [6.07, 6.45) is 6.01. The summed E-state index contributed by atoms with van der Waals surface area (Å²) < 4.78 is 11.1. The second-order valence-corrected chi connectivity index (χ2v) is 4.16. The second-order valence-electron chi connectivity index (χ2n) is 4.16. The van der Waals surface area contributed by atoms with E-state index in [4.69, 9.17) is 15.3 Å². The van der Waals surface area contributed by atoms with Crippen molar-refractivity contribution < 1.29 is 9.47 Å². The van der Waals surface area contributed by atoms with Gasteiger partial charge in [-0.25, -0.2) is 0 Å². The van der Waals surface area contributed by atoms with E-state index < -0.39 is 0 Å². The van der Waals surface area contributed by atoms with Crippen LogP contribution >= 0.6 is 0 Å². The fourth-order valence-electron chi connectivity index (χ4n) is 1.86. The number of hydrogen-bond donors (Lipinski definition) is 2. The minimum absolute atomic E-state index is 0.222. The Kier molecular flexibility index (Phi) is 6.92. The van der Waals surface area contributed by atoms with Gasteiger partial charge in [-0.3, -0.25) is 11.3 Å². The van der Waals surface area contributed by atoms with Crippen LogP contribution in [0.25, 0.3) is 0 Å². The fourth-order valence-corrected chi connectivity index (χ4v) is 1.86. The van der Waals surface area contributed by atoms with E-state index in [1.54, 1.807) is 0 Å². The number of nitrogens with two attached hydrogens (primary N) is 1. The third-order valence-corrected chi connectivity index (χ3v) is 2.72. The van der Waals surface area contributed by atoms with Gasteiger partial charge in [-0.1, -0.05) is 6.92 Å². The Morgan fingerprint density at radius 3 is 3.00 bits per heavy atom. The molecule has 0 saturated carbocycles. The zero-order chi connectivity index (χ0) is 10.9. The van der Waals surface area contributed by atoms with E-state index in [0.717, 1.165) is 32.5 Å². The summed E-state index contributed by atoms with van der Waals surface area (Å²) in [7, 11) is 0. The third-order valence-electron chi connectivity index (χ3n) is 2.72. The molecule has 4 nitrogen and oxygen atoms in total. The van der Waals surface area contributed by atoms with E-state index in [1.165, 1.54) is 12.8 Å². The van der Waals surface area contributed by atoms with Crippen molar-refractivity contribution in [1.82, 2.24) is 5.43 Å². The lowest BCUT2D eigenvalue weighted by Crippen LogP contribution is -2.42. The molecule has 1 heterocycles. The molecule has 0 bridgehead atoms. The number of rotatable bonds is 7. The topological polar surface area (TPSA) is 56.5 Å². The van der Waals surface area contributed by atoms with E-state index in [2.05, 4.69) is 12.3 Å². The minimum Gasteiger partial charge on any atom is -0.380 e. The van der Waals surface area contributed by atoms with Crippen molar-refractivity contribution in [2.24, 2.45) is 5.84 Å². The lowest BCUT2D eigenvalue weighted by molar-refractivity contribution is -0.00348. The SMILES string of the molecule is CCCOCC(CC1CCCCO1)NN. The Balaban J connectivity index is 2.13. The van der Waals surface area contributed by atoms with Gasteiger partial charge in [0.1, 0.15) is 0 Å². The molecule has 1 saturated heterocycles. The van der Waals surface area contributed by atoms with E-state index in [-0.39, 0.29) is 6.04 Å². The minimum atomic E-state index is 0.222. The monoisotopic (exact) mass is 216 g/mol. The number of hydrazine groups is 1. The molecule has 1 aliphatic rings. The molecule has 0 aliphatic carbocycles. The van der Waals surface area contributed by atoms with Crippen LogP contribution in [0.2, 0.25) is 0 Å². The first-order valence-electron chi connectivity index (χ1n) is 6.02. The second kappa shape index (κ2) is 8.05. The highest BCUT2D eigenvalue weighted by atomic mass is 16.5. The van der Waals surface area contributed by atoms with Crippen LogP contribution in [0.15, 0.2) is 0 Å². The highest BCUT2D eigenvalue weighted by molar-refractivity contribution is 4.72.